The summed E-state index contributed by atoms with van der Waals surface area (Å²) in [6.07, 6.45) is -0.254. The number of urea groups is 1. The van der Waals surface area contributed by atoms with E-state index in [0.29, 0.717) is 18.5 Å². The van der Waals surface area contributed by atoms with Gasteiger partial charge in [0.1, 0.15) is 0 Å². The molecule has 1 aliphatic heterocycles. The average molecular weight is 419 g/mol. The van der Waals surface area contributed by atoms with Gasteiger partial charge in [-0.1, -0.05) is 18.2 Å². The Morgan fingerprint density at radius 1 is 1.27 bits per heavy atom. The van der Waals surface area contributed by atoms with E-state index in [4.69, 9.17) is 0 Å². The summed E-state index contributed by atoms with van der Waals surface area (Å²) in [6.45, 7) is 1.54. The van der Waals surface area contributed by atoms with Gasteiger partial charge >= 0.3 is 12.2 Å². The van der Waals surface area contributed by atoms with E-state index < -0.39 is 11.7 Å². The molecular weight excluding hydrogens is 395 g/mol. The van der Waals surface area contributed by atoms with Crippen molar-refractivity contribution >= 4 is 11.8 Å². The Morgan fingerprint density at radius 2 is 2.10 bits per heavy atom. The quantitative estimate of drug-likeness (QED) is 0.822. The molecule has 2 heterocycles. The van der Waals surface area contributed by atoms with Crippen LogP contribution in [0.1, 0.15) is 36.3 Å². The second-order valence-corrected chi connectivity index (χ2v) is 7.96. The first-order valence-corrected chi connectivity index (χ1v) is 10.1. The van der Waals surface area contributed by atoms with Gasteiger partial charge in [0.15, 0.2) is 5.82 Å². The second-order valence-electron chi connectivity index (χ2n) is 7.96. The van der Waals surface area contributed by atoms with E-state index in [1.807, 2.05) is 12.1 Å². The van der Waals surface area contributed by atoms with Gasteiger partial charge < -0.3 is 15.1 Å². The minimum Gasteiger partial charge on any atom is -0.353 e. The molecule has 0 spiro atoms. The zero-order valence-corrected chi connectivity index (χ0v) is 16.6. The van der Waals surface area contributed by atoms with Gasteiger partial charge in [-0.3, -0.25) is 0 Å². The molecule has 160 valence electrons. The van der Waals surface area contributed by atoms with Gasteiger partial charge in [0, 0.05) is 38.3 Å². The summed E-state index contributed by atoms with van der Waals surface area (Å²) in [6, 6.07) is 8.80. The summed E-state index contributed by atoms with van der Waals surface area (Å²) < 4.78 is 38.8. The van der Waals surface area contributed by atoms with Crippen LogP contribution in [-0.4, -0.2) is 53.3 Å². The van der Waals surface area contributed by atoms with Gasteiger partial charge in [-0.2, -0.15) is 18.3 Å². The van der Waals surface area contributed by atoms with Crippen LogP contribution in [0, 0.1) is 0 Å². The molecule has 4 rings (SSSR count). The zero-order valence-electron chi connectivity index (χ0n) is 16.6. The molecule has 2 aliphatic rings. The first-order chi connectivity index (χ1) is 14.3. The van der Waals surface area contributed by atoms with Crippen molar-refractivity contribution in [3.05, 3.63) is 53.7 Å². The van der Waals surface area contributed by atoms with Crippen molar-refractivity contribution in [1.82, 2.24) is 20.4 Å². The first-order valence-electron chi connectivity index (χ1n) is 10.1. The lowest BCUT2D eigenvalue weighted by atomic mass is 10.0. The van der Waals surface area contributed by atoms with Crippen LogP contribution in [0.2, 0.25) is 0 Å². The third kappa shape index (κ3) is 4.49. The van der Waals surface area contributed by atoms with E-state index in [9.17, 15) is 18.0 Å². The standard InChI is InChI=1S/C21H24F3N5O/c1-28(16-7-4-10-29(13-16)19-8-3-9-25-27-19)20(30)26-18-12-17(18)14-5-2-6-15(11-14)21(22,23)24/h2-3,5-6,8-9,11,16-18H,4,7,10,12-13H2,1H3,(H,26,30)/t16-,17?,18-/m1/s1. The van der Waals surface area contributed by atoms with E-state index in [1.54, 1.807) is 24.2 Å². The molecule has 1 saturated heterocycles. The molecule has 0 radical (unpaired) electrons. The van der Waals surface area contributed by atoms with Crippen molar-refractivity contribution in [2.75, 3.05) is 25.0 Å². The first kappa shape index (κ1) is 20.4. The molecule has 6 nitrogen and oxygen atoms in total. The SMILES string of the molecule is CN(C(=O)N[C@@H]1CC1c1cccc(C(F)(F)F)c1)[C@@H]1CCCN(c2cccnn2)C1. The number of nitrogens with one attached hydrogen (secondary N) is 1. The van der Waals surface area contributed by atoms with E-state index in [0.717, 1.165) is 31.3 Å². The maximum Gasteiger partial charge on any atom is 0.416 e. The molecule has 2 aromatic rings. The van der Waals surface area contributed by atoms with Crippen LogP contribution in [0.5, 0.6) is 0 Å². The van der Waals surface area contributed by atoms with Gasteiger partial charge in [0.05, 0.1) is 11.6 Å². The minimum atomic E-state index is -4.36. The van der Waals surface area contributed by atoms with Gasteiger partial charge in [-0.25, -0.2) is 4.79 Å². The van der Waals surface area contributed by atoms with Gasteiger partial charge in [0.25, 0.3) is 0 Å². The number of rotatable bonds is 4. The summed E-state index contributed by atoms with van der Waals surface area (Å²) in [7, 11) is 1.77. The van der Waals surface area contributed by atoms with Crippen LogP contribution < -0.4 is 10.2 Å². The number of hydrogen-bond donors (Lipinski definition) is 1. The number of amides is 2. The third-order valence-corrected chi connectivity index (χ3v) is 5.89. The molecule has 1 unspecified atom stereocenters. The Kier molecular flexibility index (Phi) is 5.53. The van der Waals surface area contributed by atoms with Crippen LogP contribution >= 0.6 is 0 Å². The number of aromatic nitrogens is 2. The van der Waals surface area contributed by atoms with Crippen LogP contribution in [-0.2, 0) is 6.18 Å². The molecular formula is C21H24F3N5O. The molecule has 1 N–H and O–H groups in total. The summed E-state index contributed by atoms with van der Waals surface area (Å²) in [5, 5.41) is 11.0. The zero-order chi connectivity index (χ0) is 21.3. The van der Waals surface area contributed by atoms with Crippen molar-refractivity contribution in [2.24, 2.45) is 0 Å². The topological polar surface area (TPSA) is 61.4 Å². The van der Waals surface area contributed by atoms with Crippen molar-refractivity contribution in [3.63, 3.8) is 0 Å². The average Bonchev–Trinajstić information content (AvgIpc) is 3.52. The van der Waals surface area contributed by atoms with Crippen LogP contribution in [0.15, 0.2) is 42.6 Å². The van der Waals surface area contributed by atoms with E-state index in [2.05, 4.69) is 20.4 Å². The van der Waals surface area contributed by atoms with Gasteiger partial charge in [0.2, 0.25) is 0 Å². The molecule has 1 aromatic heterocycles. The number of carbonyl (C=O) groups is 1. The number of benzene rings is 1. The van der Waals surface area contributed by atoms with E-state index in [-0.39, 0.29) is 24.0 Å². The maximum absolute atomic E-state index is 12.9. The summed E-state index contributed by atoms with van der Waals surface area (Å²) >= 11 is 0. The summed E-state index contributed by atoms with van der Waals surface area (Å²) in [5.41, 5.74) is -0.0373. The highest BCUT2D eigenvalue weighted by Gasteiger charge is 2.42. The lowest BCUT2D eigenvalue weighted by Gasteiger charge is -2.38. The predicted octanol–water partition coefficient (Wildman–Crippen LogP) is 3.66. The lowest BCUT2D eigenvalue weighted by Crippen LogP contribution is -2.52. The lowest BCUT2D eigenvalue weighted by molar-refractivity contribution is -0.137. The Morgan fingerprint density at radius 3 is 2.83 bits per heavy atom. The molecule has 1 aromatic carbocycles. The highest BCUT2D eigenvalue weighted by Crippen LogP contribution is 2.42. The largest absolute Gasteiger partial charge is 0.416 e. The molecule has 0 bridgehead atoms. The molecule has 9 heteroatoms. The van der Waals surface area contributed by atoms with Crippen molar-refractivity contribution < 1.29 is 18.0 Å². The number of piperidine rings is 1. The monoisotopic (exact) mass is 419 g/mol. The molecule has 3 atom stereocenters. The van der Waals surface area contributed by atoms with Crippen LogP contribution in [0.3, 0.4) is 0 Å². The number of halogens is 3. The Balaban J connectivity index is 1.33. The number of alkyl halides is 3. The molecule has 1 saturated carbocycles. The number of nitrogens with zero attached hydrogens (tertiary/aromatic N) is 4. The Labute approximate surface area is 173 Å². The number of likely N-dealkylation sites (N-methyl/N-ethyl adjacent to an activating group) is 1. The van der Waals surface area contributed by atoms with Crippen molar-refractivity contribution in [3.8, 4) is 0 Å². The number of carbonyl (C=O) groups excluding carboxylic acids is 1. The molecule has 1 aliphatic carbocycles. The number of anilines is 1. The Bertz CT molecular complexity index is 892. The fourth-order valence-corrected chi connectivity index (χ4v) is 4.04. The highest BCUT2D eigenvalue weighted by molar-refractivity contribution is 5.75. The van der Waals surface area contributed by atoms with Crippen LogP contribution in [0.4, 0.5) is 23.8 Å². The Hall–Kier alpha value is -2.84. The fourth-order valence-electron chi connectivity index (χ4n) is 4.04. The maximum atomic E-state index is 12.9. The van der Waals surface area contributed by atoms with E-state index >= 15 is 0 Å². The van der Waals surface area contributed by atoms with Crippen molar-refractivity contribution in [1.29, 1.82) is 0 Å². The molecule has 2 amide bonds. The minimum absolute atomic E-state index is 0.0338. The van der Waals surface area contributed by atoms with Gasteiger partial charge in [-0.05, 0) is 43.0 Å². The predicted molar refractivity (Wildman–Crippen MR) is 106 cm³/mol. The van der Waals surface area contributed by atoms with E-state index in [1.165, 1.54) is 12.1 Å². The van der Waals surface area contributed by atoms with Gasteiger partial charge in [-0.15, -0.1) is 5.10 Å². The normalized spacial score (nSPS) is 23.7. The van der Waals surface area contributed by atoms with Crippen LogP contribution in [0.25, 0.3) is 0 Å². The smallest absolute Gasteiger partial charge is 0.353 e. The summed E-state index contributed by atoms with van der Waals surface area (Å²) in [4.78, 5) is 16.5. The second kappa shape index (κ2) is 8.12. The third-order valence-electron chi connectivity index (χ3n) is 5.89. The number of hydrogen-bond acceptors (Lipinski definition) is 4. The molecule has 2 fully saturated rings. The fraction of sp³-hybridized carbons (Fsp3) is 0.476. The summed E-state index contributed by atoms with van der Waals surface area (Å²) in [5.74, 6) is 0.718. The molecule has 30 heavy (non-hydrogen) atoms. The highest BCUT2D eigenvalue weighted by atomic mass is 19.4. The van der Waals surface area contributed by atoms with Crippen molar-refractivity contribution in [2.45, 2.75) is 43.4 Å².